The van der Waals surface area contributed by atoms with Crippen molar-refractivity contribution in [3.8, 4) is 0 Å². The number of benzene rings is 2. The van der Waals surface area contributed by atoms with Gasteiger partial charge in [0.1, 0.15) is 0 Å². The van der Waals surface area contributed by atoms with Crippen LogP contribution >= 0.6 is 0 Å². The minimum absolute atomic E-state index is 0.266. The Kier molecular flexibility index (Phi) is 6.95. The first-order chi connectivity index (χ1) is 14.2. The SMILES string of the molecule is CCOC(=O)c1ccccc1NC(=O)c1cncc(NCCc2ccccc2)c1. The standard InChI is InChI=1S/C23H23N3O3/c1-2-29-23(28)20-10-6-7-11-21(20)26-22(27)18-14-19(16-24-15-18)25-13-12-17-8-4-3-5-9-17/h3-11,14-16,25H,2,12-13H2,1H3,(H,26,27). The second-order valence-electron chi connectivity index (χ2n) is 6.34. The smallest absolute Gasteiger partial charge is 0.340 e. The van der Waals surface area contributed by atoms with E-state index in [0.717, 1.165) is 18.7 Å². The highest BCUT2D eigenvalue weighted by atomic mass is 16.5. The number of anilines is 2. The molecule has 0 unspecified atom stereocenters. The Labute approximate surface area is 169 Å². The van der Waals surface area contributed by atoms with Gasteiger partial charge in [0.15, 0.2) is 0 Å². The van der Waals surface area contributed by atoms with E-state index >= 15 is 0 Å². The van der Waals surface area contributed by atoms with Crippen LogP contribution in [0.5, 0.6) is 0 Å². The fourth-order valence-corrected chi connectivity index (χ4v) is 2.83. The Morgan fingerprint density at radius 2 is 1.76 bits per heavy atom. The third-order valence-electron chi connectivity index (χ3n) is 4.26. The van der Waals surface area contributed by atoms with Gasteiger partial charge in [-0.25, -0.2) is 4.79 Å². The number of carbonyl (C=O) groups is 2. The number of pyridine rings is 1. The van der Waals surface area contributed by atoms with Crippen LogP contribution in [0.25, 0.3) is 0 Å². The minimum atomic E-state index is -0.474. The van der Waals surface area contributed by atoms with E-state index in [1.54, 1.807) is 43.5 Å². The maximum atomic E-state index is 12.7. The number of nitrogens with one attached hydrogen (secondary N) is 2. The number of para-hydroxylation sites is 1. The Hall–Kier alpha value is -3.67. The van der Waals surface area contributed by atoms with Crippen molar-refractivity contribution < 1.29 is 14.3 Å². The van der Waals surface area contributed by atoms with Gasteiger partial charge < -0.3 is 15.4 Å². The highest BCUT2D eigenvalue weighted by molar-refractivity contribution is 6.08. The van der Waals surface area contributed by atoms with Crippen molar-refractivity contribution in [1.29, 1.82) is 0 Å². The predicted octanol–water partition coefficient (Wildman–Crippen LogP) is 4.17. The molecular weight excluding hydrogens is 366 g/mol. The van der Waals surface area contributed by atoms with E-state index in [1.165, 1.54) is 11.8 Å². The summed E-state index contributed by atoms with van der Waals surface area (Å²) in [7, 11) is 0. The number of esters is 1. The van der Waals surface area contributed by atoms with E-state index in [9.17, 15) is 9.59 Å². The molecule has 0 saturated heterocycles. The first-order valence-electron chi connectivity index (χ1n) is 9.47. The molecule has 2 N–H and O–H groups in total. The molecule has 0 aliphatic rings. The zero-order chi connectivity index (χ0) is 20.5. The monoisotopic (exact) mass is 389 g/mol. The van der Waals surface area contributed by atoms with Crippen molar-refractivity contribution in [2.24, 2.45) is 0 Å². The summed E-state index contributed by atoms with van der Waals surface area (Å²) in [5.74, 6) is -0.821. The van der Waals surface area contributed by atoms with E-state index in [4.69, 9.17) is 4.74 Å². The Balaban J connectivity index is 1.65. The molecule has 0 saturated carbocycles. The van der Waals surface area contributed by atoms with Gasteiger partial charge in [0.05, 0.1) is 29.1 Å². The van der Waals surface area contributed by atoms with Crippen LogP contribution in [-0.4, -0.2) is 30.0 Å². The molecule has 2 aromatic carbocycles. The molecule has 0 fully saturated rings. The number of rotatable bonds is 8. The summed E-state index contributed by atoms with van der Waals surface area (Å²) in [4.78, 5) is 28.9. The number of carbonyl (C=O) groups excluding carboxylic acids is 2. The maximum Gasteiger partial charge on any atom is 0.340 e. The van der Waals surface area contributed by atoms with Gasteiger partial charge in [0.25, 0.3) is 5.91 Å². The molecule has 0 bridgehead atoms. The van der Waals surface area contributed by atoms with Crippen LogP contribution in [0.1, 0.15) is 33.2 Å². The highest BCUT2D eigenvalue weighted by Crippen LogP contribution is 2.18. The van der Waals surface area contributed by atoms with Gasteiger partial charge in [-0.2, -0.15) is 0 Å². The normalized spacial score (nSPS) is 10.2. The molecule has 1 aromatic heterocycles. The lowest BCUT2D eigenvalue weighted by atomic mass is 10.1. The second kappa shape index (κ2) is 10.0. The third kappa shape index (κ3) is 5.65. The first-order valence-corrected chi connectivity index (χ1v) is 9.47. The van der Waals surface area contributed by atoms with Crippen molar-refractivity contribution in [3.63, 3.8) is 0 Å². The maximum absolute atomic E-state index is 12.7. The number of amides is 1. The van der Waals surface area contributed by atoms with Crippen molar-refractivity contribution in [1.82, 2.24) is 4.98 Å². The molecule has 1 heterocycles. The van der Waals surface area contributed by atoms with Gasteiger partial charge in [-0.3, -0.25) is 9.78 Å². The minimum Gasteiger partial charge on any atom is -0.462 e. The average molecular weight is 389 g/mol. The second-order valence-corrected chi connectivity index (χ2v) is 6.34. The van der Waals surface area contributed by atoms with E-state index < -0.39 is 5.97 Å². The molecule has 1 amide bonds. The van der Waals surface area contributed by atoms with Crippen LogP contribution in [0.2, 0.25) is 0 Å². The Morgan fingerprint density at radius 1 is 1.00 bits per heavy atom. The van der Waals surface area contributed by atoms with Crippen LogP contribution in [0.15, 0.2) is 73.1 Å². The van der Waals surface area contributed by atoms with Gasteiger partial charge in [0.2, 0.25) is 0 Å². The summed E-state index contributed by atoms with van der Waals surface area (Å²) in [5.41, 5.74) is 3.10. The van der Waals surface area contributed by atoms with E-state index in [-0.39, 0.29) is 12.5 Å². The molecule has 0 atom stereocenters. The summed E-state index contributed by atoms with van der Waals surface area (Å²) >= 11 is 0. The molecule has 0 aliphatic heterocycles. The average Bonchev–Trinajstić information content (AvgIpc) is 2.75. The zero-order valence-electron chi connectivity index (χ0n) is 16.2. The lowest BCUT2D eigenvalue weighted by Crippen LogP contribution is -2.16. The van der Waals surface area contributed by atoms with Crippen molar-refractivity contribution >= 4 is 23.3 Å². The molecular formula is C23H23N3O3. The predicted molar refractivity (Wildman–Crippen MR) is 113 cm³/mol. The summed E-state index contributed by atoms with van der Waals surface area (Å²) in [6, 6.07) is 18.6. The van der Waals surface area contributed by atoms with Crippen molar-refractivity contribution in [3.05, 3.63) is 89.7 Å². The first kappa shape index (κ1) is 20.1. The molecule has 6 heteroatoms. The molecule has 3 rings (SSSR count). The molecule has 6 nitrogen and oxygen atoms in total. The van der Waals surface area contributed by atoms with E-state index in [0.29, 0.717) is 16.8 Å². The van der Waals surface area contributed by atoms with Crippen LogP contribution in [0.3, 0.4) is 0 Å². The lowest BCUT2D eigenvalue weighted by Gasteiger charge is -2.11. The molecule has 0 radical (unpaired) electrons. The van der Waals surface area contributed by atoms with Gasteiger partial charge in [0, 0.05) is 18.9 Å². The van der Waals surface area contributed by atoms with Gasteiger partial charge in [-0.05, 0) is 37.1 Å². The molecule has 29 heavy (non-hydrogen) atoms. The van der Waals surface area contributed by atoms with E-state index in [2.05, 4.69) is 27.8 Å². The number of ether oxygens (including phenoxy) is 1. The van der Waals surface area contributed by atoms with Crippen molar-refractivity contribution in [2.45, 2.75) is 13.3 Å². The molecule has 3 aromatic rings. The largest absolute Gasteiger partial charge is 0.462 e. The highest BCUT2D eigenvalue weighted by Gasteiger charge is 2.15. The fraction of sp³-hybridized carbons (Fsp3) is 0.174. The topological polar surface area (TPSA) is 80.3 Å². The fourth-order valence-electron chi connectivity index (χ4n) is 2.83. The number of hydrogen-bond acceptors (Lipinski definition) is 5. The summed E-state index contributed by atoms with van der Waals surface area (Å²) in [6.07, 6.45) is 4.03. The Morgan fingerprint density at radius 3 is 2.55 bits per heavy atom. The zero-order valence-corrected chi connectivity index (χ0v) is 16.2. The van der Waals surface area contributed by atoms with Crippen molar-refractivity contribution in [2.75, 3.05) is 23.8 Å². The third-order valence-corrected chi connectivity index (χ3v) is 4.26. The molecule has 0 aliphatic carbocycles. The van der Waals surface area contributed by atoms with Crippen LogP contribution in [0, 0.1) is 0 Å². The molecule has 148 valence electrons. The van der Waals surface area contributed by atoms with Crippen LogP contribution < -0.4 is 10.6 Å². The van der Waals surface area contributed by atoms with Gasteiger partial charge in [-0.15, -0.1) is 0 Å². The Bertz CT molecular complexity index is 974. The number of hydrogen-bond donors (Lipinski definition) is 2. The van der Waals surface area contributed by atoms with Gasteiger partial charge >= 0.3 is 5.97 Å². The summed E-state index contributed by atoms with van der Waals surface area (Å²) in [6.45, 7) is 2.73. The van der Waals surface area contributed by atoms with Gasteiger partial charge in [-0.1, -0.05) is 42.5 Å². The number of nitrogens with zero attached hydrogens (tertiary/aromatic N) is 1. The quantitative estimate of drug-likeness (QED) is 0.565. The summed E-state index contributed by atoms with van der Waals surface area (Å²) < 4.78 is 5.04. The van der Waals surface area contributed by atoms with Crippen LogP contribution in [-0.2, 0) is 11.2 Å². The molecule has 0 spiro atoms. The summed E-state index contributed by atoms with van der Waals surface area (Å²) in [5, 5.41) is 6.05. The van der Waals surface area contributed by atoms with E-state index in [1.807, 2.05) is 18.2 Å². The lowest BCUT2D eigenvalue weighted by molar-refractivity contribution is 0.0527. The van der Waals surface area contributed by atoms with Crippen LogP contribution in [0.4, 0.5) is 11.4 Å². The number of aromatic nitrogens is 1.